The summed E-state index contributed by atoms with van der Waals surface area (Å²) in [5.74, 6) is 0.788. The van der Waals surface area contributed by atoms with Crippen LogP contribution in [0.1, 0.15) is 0 Å². The number of nitrogens with one attached hydrogen (secondary N) is 2. The molecule has 14 heteroatoms. The third-order valence-electron chi connectivity index (χ3n) is 4.60. The summed E-state index contributed by atoms with van der Waals surface area (Å²) in [4.78, 5) is 20.1. The molecule has 0 aliphatic carbocycles. The predicted molar refractivity (Wildman–Crippen MR) is 98.0 cm³/mol. The molecule has 1 aromatic heterocycles. The molecule has 0 spiro atoms. The summed E-state index contributed by atoms with van der Waals surface area (Å²) >= 11 is 0. The Balaban J connectivity index is 1.63. The zero-order valence-electron chi connectivity index (χ0n) is 14.2. The predicted octanol–water partition coefficient (Wildman–Crippen LogP) is -3.34. The number of fused-ring (bicyclic) bond motifs is 2. The van der Waals surface area contributed by atoms with Gasteiger partial charge in [-0.3, -0.25) is 0 Å². The van der Waals surface area contributed by atoms with Crippen LogP contribution in [0.2, 0.25) is 0 Å². The summed E-state index contributed by atoms with van der Waals surface area (Å²) in [5, 5.41) is 17.2. The van der Waals surface area contributed by atoms with Crippen LogP contribution in [0.25, 0.3) is 0 Å². The first-order chi connectivity index (χ1) is 12.4. The van der Waals surface area contributed by atoms with E-state index in [1.54, 1.807) is 4.90 Å². The molecule has 0 aromatic carbocycles. The van der Waals surface area contributed by atoms with Crippen LogP contribution < -0.4 is 27.0 Å². The van der Waals surface area contributed by atoms with Crippen molar-refractivity contribution in [3.8, 4) is 0 Å². The molecule has 3 aliphatic heterocycles. The number of aromatic nitrogens is 2. The van der Waals surface area contributed by atoms with Crippen LogP contribution in [0.4, 0.5) is 17.3 Å². The van der Waals surface area contributed by atoms with E-state index in [0.29, 0.717) is 24.6 Å². The van der Waals surface area contributed by atoms with Crippen molar-refractivity contribution < 1.29 is 23.8 Å². The zero-order chi connectivity index (χ0) is 18.5. The van der Waals surface area contributed by atoms with E-state index in [9.17, 15) is 10.00 Å². The van der Waals surface area contributed by atoms with Gasteiger partial charge in [-0.1, -0.05) is 0 Å². The number of nitrogens with zero attached hydrogens (tertiary/aromatic N) is 3. The Bertz CT molecular complexity index is 687. The second kappa shape index (κ2) is 6.70. The Morgan fingerprint density at radius 2 is 2.31 bits per heavy atom. The number of hydrogen-bond acceptors (Lipinski definition) is 12. The summed E-state index contributed by atoms with van der Waals surface area (Å²) < 4.78 is 16.9. The van der Waals surface area contributed by atoms with E-state index in [1.165, 1.54) is 13.9 Å². The van der Waals surface area contributed by atoms with Gasteiger partial charge in [0.1, 0.15) is 0 Å². The Morgan fingerprint density at radius 3 is 3.08 bits per heavy atom. The van der Waals surface area contributed by atoms with Gasteiger partial charge in [0.05, 0.1) is 0 Å². The summed E-state index contributed by atoms with van der Waals surface area (Å²) in [5.41, 5.74) is 12.1. The van der Waals surface area contributed by atoms with Crippen LogP contribution in [0.3, 0.4) is 0 Å². The Morgan fingerprint density at radius 1 is 1.50 bits per heavy atom. The van der Waals surface area contributed by atoms with Gasteiger partial charge in [-0.15, -0.1) is 0 Å². The molecule has 0 saturated carbocycles. The number of aliphatic hydroxyl groups is 1. The molecule has 0 bridgehead atoms. The minimum atomic E-state index is -3.26. The third-order valence-corrected chi connectivity index (χ3v) is 6.01. The molecule has 2 saturated heterocycles. The molecule has 0 amide bonds. The van der Waals surface area contributed by atoms with Crippen molar-refractivity contribution in [2.75, 3.05) is 35.6 Å². The molecule has 1 aromatic rings. The zero-order valence-corrected chi connectivity index (χ0v) is 15.2. The molecule has 26 heavy (non-hydrogen) atoms. The van der Waals surface area contributed by atoms with Crippen LogP contribution in [0, 0.1) is 0 Å². The molecule has 144 valence electrons. The first-order valence-corrected chi connectivity index (χ1v) is 10.6. The first kappa shape index (κ1) is 18.1. The van der Waals surface area contributed by atoms with Gasteiger partial charge in [-0.2, -0.15) is 0 Å². The van der Waals surface area contributed by atoms with Crippen molar-refractivity contribution in [2.45, 2.75) is 30.8 Å². The van der Waals surface area contributed by atoms with Crippen molar-refractivity contribution in [3.05, 3.63) is 6.33 Å². The van der Waals surface area contributed by atoms with Crippen LogP contribution in [0.5, 0.6) is 0 Å². The average molecular weight is 387 g/mol. The second-order valence-corrected chi connectivity index (χ2v) is 8.82. The van der Waals surface area contributed by atoms with Gasteiger partial charge in [0.25, 0.3) is 0 Å². The number of nitrogen functional groups attached to an aromatic ring is 1. The average Bonchev–Trinajstić information content (AvgIpc) is 3.11. The Hall–Kier alpha value is -1.31. The van der Waals surface area contributed by atoms with Crippen molar-refractivity contribution in [3.63, 3.8) is 0 Å². The number of rotatable bonds is 4. The molecule has 0 radical (unpaired) electrons. The molecular weight excluding hydrogens is 364 g/mol. The quantitative estimate of drug-likeness (QED) is 0.224. The van der Waals surface area contributed by atoms with Gasteiger partial charge < -0.3 is 0 Å². The molecule has 2 fully saturated rings. The first-order valence-electron chi connectivity index (χ1n) is 8.38. The fraction of sp³-hybridized carbons (Fsp3) is 0.667. The fourth-order valence-corrected chi connectivity index (χ4v) is 4.78. The van der Waals surface area contributed by atoms with E-state index in [0.717, 1.165) is 0 Å². The van der Waals surface area contributed by atoms with E-state index in [-0.39, 0.29) is 12.4 Å². The third kappa shape index (κ3) is 3.00. The minimum absolute atomic E-state index is 0.151. The Labute approximate surface area is 151 Å². The van der Waals surface area contributed by atoms with E-state index >= 15 is 0 Å². The monoisotopic (exact) mass is 387 g/mol. The van der Waals surface area contributed by atoms with Crippen molar-refractivity contribution in [1.82, 2.24) is 15.3 Å². The summed E-state index contributed by atoms with van der Waals surface area (Å²) in [6, 6.07) is 0. The van der Waals surface area contributed by atoms with Gasteiger partial charge in [0.15, 0.2) is 0 Å². The molecule has 3 aliphatic rings. The number of anilines is 3. The van der Waals surface area contributed by atoms with E-state index in [1.807, 2.05) is 0 Å². The van der Waals surface area contributed by atoms with Crippen LogP contribution >= 0.6 is 7.82 Å². The standard InChI is InChI=1S/C12H23BN7O5P/c13-26(22)23-3-5-8(25-26)7(21)11(24-5)20-10-6(9(15)17-4-18-10)19-12(20)16-2-1-14/h4-5,7-8,11-12,16,19,21-22,26H,1-3,13-14H2,(H2,15,17,18)/t5-,7?,8-,11?,12?/m1/s1. The number of ether oxygens (including phenoxy) is 1. The summed E-state index contributed by atoms with van der Waals surface area (Å²) in [6.07, 6.45) is -2.09. The molecule has 4 heterocycles. The van der Waals surface area contributed by atoms with E-state index in [2.05, 4.69) is 20.6 Å². The maximum absolute atomic E-state index is 10.8. The van der Waals surface area contributed by atoms with Gasteiger partial charge in [0.2, 0.25) is 0 Å². The Kier molecular flexibility index (Phi) is 4.65. The fourth-order valence-electron chi connectivity index (χ4n) is 3.44. The molecule has 5 atom stereocenters. The van der Waals surface area contributed by atoms with Crippen molar-refractivity contribution in [1.29, 1.82) is 0 Å². The van der Waals surface area contributed by atoms with Gasteiger partial charge in [-0.25, -0.2) is 0 Å². The van der Waals surface area contributed by atoms with Crippen LogP contribution in [-0.2, 0) is 13.8 Å². The number of hydrogen-bond donors (Lipinski definition) is 6. The molecule has 8 N–H and O–H groups in total. The molecule has 4 rings (SSSR count). The van der Waals surface area contributed by atoms with Crippen LogP contribution in [0.15, 0.2) is 6.33 Å². The summed E-state index contributed by atoms with van der Waals surface area (Å²) in [6.45, 7) is 1.10. The van der Waals surface area contributed by atoms with Crippen molar-refractivity contribution >= 4 is 32.7 Å². The normalized spacial score (nSPS) is 36.3. The van der Waals surface area contributed by atoms with E-state index < -0.39 is 38.7 Å². The molecule has 3 unspecified atom stereocenters. The van der Waals surface area contributed by atoms with Gasteiger partial charge in [0, 0.05) is 0 Å². The topological polar surface area (TPSA) is 173 Å². The number of aliphatic hydroxyl groups excluding tert-OH is 1. The van der Waals surface area contributed by atoms with Gasteiger partial charge in [-0.05, 0) is 0 Å². The molecule has 12 nitrogen and oxygen atoms in total. The van der Waals surface area contributed by atoms with Gasteiger partial charge >= 0.3 is 150 Å². The van der Waals surface area contributed by atoms with Crippen molar-refractivity contribution in [2.24, 2.45) is 5.73 Å². The van der Waals surface area contributed by atoms with Crippen LogP contribution in [-0.4, -0.2) is 78.1 Å². The summed E-state index contributed by atoms with van der Waals surface area (Å²) in [7, 11) is -1.75. The molecular formula is C12H23BN7O5P. The number of nitrogens with two attached hydrogens (primary N) is 2. The maximum atomic E-state index is 10.8. The second-order valence-electron chi connectivity index (χ2n) is 6.50. The van der Waals surface area contributed by atoms with E-state index in [4.69, 9.17) is 25.3 Å². The SMILES string of the molecule is B[PH]1(O)OC[C@H]2OC(N3c4ncnc(N)c4NC3NCCN)C(O)[C@@H]2O1.